The number of carbonyl (C=O) groups is 1. The molecule has 8 heteroatoms. The zero-order chi connectivity index (χ0) is 19.9. The molecule has 1 amide bonds. The summed E-state index contributed by atoms with van der Waals surface area (Å²) >= 11 is 4.61. The molecular weight excluding hydrogens is 442 g/mol. The Morgan fingerprint density at radius 3 is 2.79 bits per heavy atom. The lowest BCUT2D eigenvalue weighted by molar-refractivity contribution is -0.131. The van der Waals surface area contributed by atoms with Gasteiger partial charge in [0, 0.05) is 11.0 Å². The van der Waals surface area contributed by atoms with E-state index in [0.29, 0.717) is 29.2 Å². The van der Waals surface area contributed by atoms with Crippen molar-refractivity contribution in [2.75, 3.05) is 5.75 Å². The van der Waals surface area contributed by atoms with Crippen molar-refractivity contribution in [3.63, 3.8) is 0 Å². The van der Waals surface area contributed by atoms with Crippen molar-refractivity contribution < 1.29 is 9.63 Å². The van der Waals surface area contributed by atoms with Gasteiger partial charge in [0.2, 0.25) is 0 Å². The lowest BCUT2D eigenvalue weighted by Crippen LogP contribution is -2.27. The van der Waals surface area contributed by atoms with Crippen LogP contribution in [-0.2, 0) is 22.8 Å². The second-order valence-corrected chi connectivity index (χ2v) is 7.96. The van der Waals surface area contributed by atoms with E-state index < -0.39 is 0 Å². The van der Waals surface area contributed by atoms with Gasteiger partial charge in [-0.15, -0.1) is 0 Å². The van der Waals surface area contributed by atoms with E-state index >= 15 is 0 Å². The van der Waals surface area contributed by atoms with Gasteiger partial charge in [-0.25, -0.2) is 10.5 Å². The molecule has 0 radical (unpaired) electrons. The van der Waals surface area contributed by atoms with Crippen molar-refractivity contribution in [1.29, 1.82) is 0 Å². The molecule has 0 bridgehead atoms. The first-order chi connectivity index (χ1) is 13.6. The average molecular weight is 462 g/mol. The summed E-state index contributed by atoms with van der Waals surface area (Å²) in [6.07, 6.45) is 0.793. The predicted octanol–water partition coefficient (Wildman–Crippen LogP) is 3.91. The molecule has 0 saturated carbocycles. The summed E-state index contributed by atoms with van der Waals surface area (Å²) in [5, 5.41) is 1.09. The zero-order valence-electron chi connectivity index (χ0n) is 15.4. The number of amides is 1. The highest BCUT2D eigenvalue weighted by Gasteiger charge is 2.13. The predicted molar refractivity (Wildman–Crippen MR) is 114 cm³/mol. The van der Waals surface area contributed by atoms with Crippen LogP contribution in [0.2, 0.25) is 0 Å². The standard InChI is InChI=1S/C20H20BrN3O3S/c1-2-10-24-19(26)16-11-15(21)8-9-17(16)22-20(24)28-13-18(25)23-27-12-14-6-4-3-5-7-14/h3-9,11H,2,10,12-13H2,1H3,(H,23,25). The van der Waals surface area contributed by atoms with Gasteiger partial charge in [-0.05, 0) is 30.2 Å². The number of thioether (sulfide) groups is 1. The molecule has 0 aliphatic heterocycles. The lowest BCUT2D eigenvalue weighted by Gasteiger charge is -2.12. The Balaban J connectivity index is 1.67. The van der Waals surface area contributed by atoms with Crippen LogP contribution in [0.3, 0.4) is 0 Å². The van der Waals surface area contributed by atoms with Crippen molar-refractivity contribution in [2.24, 2.45) is 0 Å². The van der Waals surface area contributed by atoms with Gasteiger partial charge in [0.1, 0.15) is 0 Å². The Kier molecular flexibility index (Phi) is 7.24. The van der Waals surface area contributed by atoms with Gasteiger partial charge in [0.05, 0.1) is 23.3 Å². The smallest absolute Gasteiger partial charge is 0.262 e. The van der Waals surface area contributed by atoms with Crippen LogP contribution in [-0.4, -0.2) is 21.2 Å². The van der Waals surface area contributed by atoms with Crippen LogP contribution in [0.25, 0.3) is 10.9 Å². The molecule has 2 aromatic carbocycles. The largest absolute Gasteiger partial charge is 0.287 e. The summed E-state index contributed by atoms with van der Waals surface area (Å²) < 4.78 is 2.45. The van der Waals surface area contributed by atoms with Crippen LogP contribution in [0.1, 0.15) is 18.9 Å². The minimum atomic E-state index is -0.283. The molecule has 146 valence electrons. The monoisotopic (exact) mass is 461 g/mol. The van der Waals surface area contributed by atoms with Gasteiger partial charge in [-0.2, -0.15) is 0 Å². The highest BCUT2D eigenvalue weighted by molar-refractivity contribution is 9.10. The zero-order valence-corrected chi connectivity index (χ0v) is 17.8. The van der Waals surface area contributed by atoms with Crippen molar-refractivity contribution in [2.45, 2.75) is 31.7 Å². The molecule has 0 unspecified atom stereocenters. The minimum Gasteiger partial charge on any atom is -0.287 e. The molecule has 3 rings (SSSR count). The minimum absolute atomic E-state index is 0.101. The third kappa shape index (κ3) is 5.21. The quantitative estimate of drug-likeness (QED) is 0.312. The fourth-order valence-corrected chi connectivity index (χ4v) is 3.81. The fraction of sp³-hybridized carbons (Fsp3) is 0.250. The molecule has 0 fully saturated rings. The number of hydrogen-bond donors (Lipinski definition) is 1. The van der Waals surface area contributed by atoms with Crippen molar-refractivity contribution in [3.05, 3.63) is 68.9 Å². The van der Waals surface area contributed by atoms with Crippen LogP contribution in [0, 0.1) is 0 Å². The highest BCUT2D eigenvalue weighted by Crippen LogP contribution is 2.20. The SMILES string of the molecule is CCCn1c(SCC(=O)NOCc2ccccc2)nc2ccc(Br)cc2c1=O. The summed E-state index contributed by atoms with van der Waals surface area (Å²) in [4.78, 5) is 34.7. The summed E-state index contributed by atoms with van der Waals surface area (Å²) in [5.41, 5.74) is 3.91. The molecule has 0 spiro atoms. The molecular formula is C20H20BrN3O3S. The molecule has 1 aromatic heterocycles. The first-order valence-corrected chi connectivity index (χ1v) is 10.6. The third-order valence-electron chi connectivity index (χ3n) is 3.93. The number of hydroxylamine groups is 1. The summed E-state index contributed by atoms with van der Waals surface area (Å²) in [5.74, 6) is -0.179. The topological polar surface area (TPSA) is 73.2 Å². The van der Waals surface area contributed by atoms with E-state index in [9.17, 15) is 9.59 Å². The fourth-order valence-electron chi connectivity index (χ4n) is 2.64. The molecule has 3 aromatic rings. The number of rotatable bonds is 8. The highest BCUT2D eigenvalue weighted by atomic mass is 79.9. The van der Waals surface area contributed by atoms with Gasteiger partial charge >= 0.3 is 0 Å². The summed E-state index contributed by atoms with van der Waals surface area (Å²) in [6.45, 7) is 2.83. The second kappa shape index (κ2) is 9.86. The second-order valence-electron chi connectivity index (χ2n) is 6.10. The molecule has 1 heterocycles. The number of carbonyl (C=O) groups excluding carboxylic acids is 1. The van der Waals surface area contributed by atoms with Gasteiger partial charge in [-0.1, -0.05) is 64.9 Å². The number of aromatic nitrogens is 2. The van der Waals surface area contributed by atoms with Crippen LogP contribution in [0.15, 0.2) is 63.0 Å². The van der Waals surface area contributed by atoms with Crippen molar-refractivity contribution in [1.82, 2.24) is 15.0 Å². The van der Waals surface area contributed by atoms with Crippen molar-refractivity contribution in [3.8, 4) is 0 Å². The maximum Gasteiger partial charge on any atom is 0.262 e. The molecule has 0 saturated heterocycles. The van der Waals surface area contributed by atoms with Crippen LogP contribution in [0.4, 0.5) is 0 Å². The molecule has 1 N–H and O–H groups in total. The molecule has 6 nitrogen and oxygen atoms in total. The number of nitrogens with one attached hydrogen (secondary N) is 1. The third-order valence-corrected chi connectivity index (χ3v) is 5.40. The number of benzene rings is 2. The Hall–Kier alpha value is -2.16. The number of halogens is 1. The maximum absolute atomic E-state index is 12.8. The Bertz CT molecular complexity index is 1020. The Labute approximate surface area is 175 Å². The van der Waals surface area contributed by atoms with E-state index in [0.717, 1.165) is 16.5 Å². The maximum atomic E-state index is 12.8. The van der Waals surface area contributed by atoms with Gasteiger partial charge < -0.3 is 0 Å². The van der Waals surface area contributed by atoms with Gasteiger partial charge in [-0.3, -0.25) is 19.0 Å². The van der Waals surface area contributed by atoms with E-state index in [1.165, 1.54) is 11.8 Å². The Morgan fingerprint density at radius 1 is 1.25 bits per heavy atom. The molecule has 0 aliphatic carbocycles. The van der Waals surface area contributed by atoms with E-state index in [1.54, 1.807) is 16.7 Å². The first-order valence-electron chi connectivity index (χ1n) is 8.86. The van der Waals surface area contributed by atoms with Gasteiger partial charge in [0.25, 0.3) is 11.5 Å². The van der Waals surface area contributed by atoms with E-state index in [-0.39, 0.29) is 17.2 Å². The van der Waals surface area contributed by atoms with Crippen LogP contribution in [0.5, 0.6) is 0 Å². The molecule has 28 heavy (non-hydrogen) atoms. The number of nitrogens with zero attached hydrogens (tertiary/aromatic N) is 2. The van der Waals surface area contributed by atoms with E-state index in [2.05, 4.69) is 26.4 Å². The number of hydrogen-bond acceptors (Lipinski definition) is 5. The van der Waals surface area contributed by atoms with E-state index in [4.69, 9.17) is 4.84 Å². The van der Waals surface area contributed by atoms with Crippen LogP contribution < -0.4 is 11.0 Å². The van der Waals surface area contributed by atoms with Crippen LogP contribution >= 0.6 is 27.7 Å². The van der Waals surface area contributed by atoms with E-state index in [1.807, 2.05) is 43.3 Å². The van der Waals surface area contributed by atoms with Crippen molar-refractivity contribution >= 4 is 44.5 Å². The first kappa shape index (κ1) is 20.6. The Morgan fingerprint density at radius 2 is 2.04 bits per heavy atom. The van der Waals surface area contributed by atoms with Gasteiger partial charge in [0.15, 0.2) is 5.16 Å². The number of fused-ring (bicyclic) bond motifs is 1. The molecule has 0 aliphatic rings. The molecule has 0 atom stereocenters. The average Bonchev–Trinajstić information content (AvgIpc) is 2.70. The normalized spacial score (nSPS) is 10.9. The summed E-state index contributed by atoms with van der Waals surface area (Å²) in [7, 11) is 0. The lowest BCUT2D eigenvalue weighted by atomic mass is 10.2. The summed E-state index contributed by atoms with van der Waals surface area (Å²) in [6, 6.07) is 15.0.